The molecule has 0 aromatic carbocycles. The van der Waals surface area contributed by atoms with Crippen LogP contribution in [0.4, 0.5) is 0 Å². The van der Waals surface area contributed by atoms with E-state index in [1.54, 1.807) is 0 Å². The third kappa shape index (κ3) is 4.37. The Balaban J connectivity index is 3.60. The lowest BCUT2D eigenvalue weighted by Gasteiger charge is -2.10. The molecule has 0 fully saturated rings. The fourth-order valence-electron chi connectivity index (χ4n) is 1.30. The fraction of sp³-hybridized carbons (Fsp3) is 0.900. The van der Waals surface area contributed by atoms with Gasteiger partial charge in [0.15, 0.2) is 0 Å². The molecule has 1 unspecified atom stereocenters. The number of hydrogen-bond acceptors (Lipinski definition) is 2. The Bertz CT molecular complexity index is 121. The van der Waals surface area contributed by atoms with Crippen LogP contribution >= 0.6 is 0 Å². The van der Waals surface area contributed by atoms with Crippen LogP contribution in [0, 0.1) is 5.92 Å². The highest BCUT2D eigenvalue weighted by Crippen LogP contribution is 2.14. The molecule has 0 heterocycles. The predicted octanol–water partition coefficient (Wildman–Crippen LogP) is 2.77. The Hall–Kier alpha value is -0.530. The van der Waals surface area contributed by atoms with Crippen LogP contribution in [0.2, 0.25) is 0 Å². The van der Waals surface area contributed by atoms with Gasteiger partial charge in [0.2, 0.25) is 0 Å². The molecule has 72 valence electrons. The first kappa shape index (κ1) is 11.5. The van der Waals surface area contributed by atoms with Gasteiger partial charge in [-0.05, 0) is 12.8 Å². The van der Waals surface area contributed by atoms with Gasteiger partial charge in [-0.25, -0.2) is 0 Å². The average Bonchev–Trinajstić information content (AvgIpc) is 2.11. The zero-order valence-electron chi connectivity index (χ0n) is 8.43. The Kier molecular flexibility index (Phi) is 6.82. The third-order valence-corrected chi connectivity index (χ3v) is 2.18. The second kappa shape index (κ2) is 7.14. The fourth-order valence-corrected chi connectivity index (χ4v) is 1.30. The molecule has 0 aliphatic rings. The van der Waals surface area contributed by atoms with Crippen molar-refractivity contribution in [3.05, 3.63) is 0 Å². The molecule has 0 bridgehead atoms. The van der Waals surface area contributed by atoms with E-state index in [0.717, 1.165) is 19.3 Å². The van der Waals surface area contributed by atoms with Gasteiger partial charge in [-0.2, -0.15) is 0 Å². The molecule has 2 heteroatoms. The summed E-state index contributed by atoms with van der Waals surface area (Å²) in [5.41, 5.74) is 0. The van der Waals surface area contributed by atoms with Crippen LogP contribution < -0.4 is 0 Å². The Morgan fingerprint density at radius 3 is 2.42 bits per heavy atom. The van der Waals surface area contributed by atoms with Crippen molar-refractivity contribution in [1.82, 2.24) is 0 Å². The lowest BCUT2D eigenvalue weighted by atomic mass is 9.99. The molecule has 0 radical (unpaired) electrons. The summed E-state index contributed by atoms with van der Waals surface area (Å²) in [5, 5.41) is 0. The standard InChI is InChI=1S/C10H20O2/c1-4-6-7-8-9(5-2)10(11)12-3/h9H,4-8H2,1-3H3. The number of carbonyl (C=O) groups excluding carboxylic acids is 1. The van der Waals surface area contributed by atoms with Crippen molar-refractivity contribution in [3.63, 3.8) is 0 Å². The van der Waals surface area contributed by atoms with Crippen molar-refractivity contribution in [2.75, 3.05) is 7.11 Å². The minimum atomic E-state index is -0.0476. The van der Waals surface area contributed by atoms with Crippen LogP contribution in [-0.4, -0.2) is 13.1 Å². The lowest BCUT2D eigenvalue weighted by Crippen LogP contribution is -2.15. The maximum Gasteiger partial charge on any atom is 0.308 e. The van der Waals surface area contributed by atoms with Crippen LogP contribution in [0.25, 0.3) is 0 Å². The second-order valence-corrected chi connectivity index (χ2v) is 3.12. The lowest BCUT2D eigenvalue weighted by molar-refractivity contribution is -0.145. The summed E-state index contributed by atoms with van der Waals surface area (Å²) in [6.07, 6.45) is 5.45. The molecular formula is C10H20O2. The summed E-state index contributed by atoms with van der Waals surface area (Å²) in [6, 6.07) is 0. The first-order chi connectivity index (χ1) is 5.76. The molecule has 0 aliphatic heterocycles. The molecule has 0 amide bonds. The topological polar surface area (TPSA) is 26.3 Å². The summed E-state index contributed by atoms with van der Waals surface area (Å²) in [4.78, 5) is 11.1. The van der Waals surface area contributed by atoms with Crippen molar-refractivity contribution in [2.24, 2.45) is 5.92 Å². The molecule has 0 saturated heterocycles. The molecular weight excluding hydrogens is 152 g/mol. The quantitative estimate of drug-likeness (QED) is 0.455. The number of methoxy groups -OCH3 is 1. The summed E-state index contributed by atoms with van der Waals surface area (Å²) >= 11 is 0. The van der Waals surface area contributed by atoms with Gasteiger partial charge < -0.3 is 4.74 Å². The molecule has 0 aliphatic carbocycles. The first-order valence-electron chi connectivity index (χ1n) is 4.84. The number of rotatable bonds is 6. The zero-order valence-corrected chi connectivity index (χ0v) is 8.43. The summed E-state index contributed by atoms with van der Waals surface area (Å²) in [6.45, 7) is 4.20. The highest BCUT2D eigenvalue weighted by atomic mass is 16.5. The van der Waals surface area contributed by atoms with E-state index in [1.165, 1.54) is 20.0 Å². The summed E-state index contributed by atoms with van der Waals surface area (Å²) in [7, 11) is 1.46. The Morgan fingerprint density at radius 1 is 1.33 bits per heavy atom. The molecule has 2 nitrogen and oxygen atoms in total. The number of esters is 1. The molecule has 0 rings (SSSR count). The van der Waals surface area contributed by atoms with Crippen molar-refractivity contribution in [2.45, 2.75) is 46.0 Å². The number of unbranched alkanes of at least 4 members (excludes halogenated alkanes) is 2. The van der Waals surface area contributed by atoms with E-state index in [0.29, 0.717) is 0 Å². The van der Waals surface area contributed by atoms with Gasteiger partial charge in [0.25, 0.3) is 0 Å². The van der Waals surface area contributed by atoms with E-state index in [4.69, 9.17) is 4.74 Å². The molecule has 0 spiro atoms. The van der Waals surface area contributed by atoms with Gasteiger partial charge in [0.1, 0.15) is 0 Å². The van der Waals surface area contributed by atoms with E-state index in [1.807, 2.05) is 6.92 Å². The molecule has 1 atom stereocenters. The van der Waals surface area contributed by atoms with Gasteiger partial charge in [-0.15, -0.1) is 0 Å². The van der Waals surface area contributed by atoms with Gasteiger partial charge in [-0.1, -0.05) is 33.1 Å². The maximum absolute atomic E-state index is 11.1. The predicted molar refractivity (Wildman–Crippen MR) is 49.9 cm³/mol. The van der Waals surface area contributed by atoms with Gasteiger partial charge in [0.05, 0.1) is 13.0 Å². The smallest absolute Gasteiger partial charge is 0.308 e. The van der Waals surface area contributed by atoms with Crippen LogP contribution in [0.15, 0.2) is 0 Å². The maximum atomic E-state index is 11.1. The largest absolute Gasteiger partial charge is 0.469 e. The third-order valence-electron chi connectivity index (χ3n) is 2.18. The monoisotopic (exact) mass is 172 g/mol. The number of hydrogen-bond donors (Lipinski definition) is 0. The van der Waals surface area contributed by atoms with Gasteiger partial charge >= 0.3 is 5.97 Å². The van der Waals surface area contributed by atoms with Crippen molar-refractivity contribution in [1.29, 1.82) is 0 Å². The van der Waals surface area contributed by atoms with E-state index in [2.05, 4.69) is 6.92 Å². The van der Waals surface area contributed by atoms with E-state index < -0.39 is 0 Å². The van der Waals surface area contributed by atoms with Crippen LogP contribution in [-0.2, 0) is 9.53 Å². The molecule has 12 heavy (non-hydrogen) atoms. The van der Waals surface area contributed by atoms with E-state index >= 15 is 0 Å². The molecule has 0 saturated carbocycles. The Morgan fingerprint density at radius 2 is 2.00 bits per heavy atom. The van der Waals surface area contributed by atoms with Crippen LogP contribution in [0.5, 0.6) is 0 Å². The highest BCUT2D eigenvalue weighted by Gasteiger charge is 2.15. The van der Waals surface area contributed by atoms with Gasteiger partial charge in [-0.3, -0.25) is 4.79 Å². The van der Waals surface area contributed by atoms with Crippen molar-refractivity contribution < 1.29 is 9.53 Å². The Labute approximate surface area is 75.3 Å². The minimum absolute atomic E-state index is 0.0476. The zero-order chi connectivity index (χ0) is 9.40. The normalized spacial score (nSPS) is 12.6. The number of carbonyl (C=O) groups is 1. The van der Waals surface area contributed by atoms with Crippen molar-refractivity contribution in [3.8, 4) is 0 Å². The minimum Gasteiger partial charge on any atom is -0.469 e. The van der Waals surface area contributed by atoms with Crippen LogP contribution in [0.1, 0.15) is 46.0 Å². The average molecular weight is 172 g/mol. The van der Waals surface area contributed by atoms with Crippen LogP contribution in [0.3, 0.4) is 0 Å². The van der Waals surface area contributed by atoms with E-state index in [9.17, 15) is 4.79 Å². The summed E-state index contributed by atoms with van der Waals surface area (Å²) in [5.74, 6) is 0.0788. The summed E-state index contributed by atoms with van der Waals surface area (Å²) < 4.78 is 4.69. The SMILES string of the molecule is CCCCCC(CC)C(=O)OC. The molecule has 0 N–H and O–H groups in total. The van der Waals surface area contributed by atoms with Gasteiger partial charge in [0, 0.05) is 0 Å². The highest BCUT2D eigenvalue weighted by molar-refractivity contribution is 5.72. The van der Waals surface area contributed by atoms with E-state index in [-0.39, 0.29) is 11.9 Å². The second-order valence-electron chi connectivity index (χ2n) is 3.12. The number of ether oxygens (including phenoxy) is 1. The first-order valence-corrected chi connectivity index (χ1v) is 4.84. The molecule has 0 aromatic rings. The van der Waals surface area contributed by atoms with Crippen molar-refractivity contribution >= 4 is 5.97 Å². The molecule has 0 aromatic heterocycles.